The zero-order valence-corrected chi connectivity index (χ0v) is 28.9. The third-order valence-electron chi connectivity index (χ3n) is 11.9. The molecule has 3 aliphatic rings. The Labute approximate surface area is 309 Å². The highest BCUT2D eigenvalue weighted by atomic mass is 16.1. The summed E-state index contributed by atoms with van der Waals surface area (Å²) in [6, 6.07) is 71.8. The monoisotopic (exact) mass is 675 g/mol. The lowest BCUT2D eigenvalue weighted by Gasteiger charge is -2.47. The van der Waals surface area contributed by atoms with Crippen LogP contribution < -0.4 is 4.90 Å². The van der Waals surface area contributed by atoms with E-state index in [9.17, 15) is 4.79 Å². The van der Waals surface area contributed by atoms with Gasteiger partial charge in [-0.15, -0.1) is 0 Å². The molecule has 2 heteroatoms. The van der Waals surface area contributed by atoms with E-state index in [0.717, 1.165) is 39.3 Å². The Morgan fingerprint density at radius 3 is 1.25 bits per heavy atom. The minimum atomic E-state index is -0.657. The van der Waals surface area contributed by atoms with Crippen molar-refractivity contribution in [3.63, 3.8) is 0 Å². The number of anilines is 3. The van der Waals surface area contributed by atoms with Gasteiger partial charge in [-0.25, -0.2) is 0 Å². The van der Waals surface area contributed by atoms with Crippen molar-refractivity contribution >= 4 is 22.8 Å². The summed E-state index contributed by atoms with van der Waals surface area (Å²) >= 11 is 0. The molecule has 2 aliphatic carbocycles. The second kappa shape index (κ2) is 11.1. The summed E-state index contributed by atoms with van der Waals surface area (Å²) in [4.78, 5) is 17.0. The maximum atomic E-state index is 14.5. The van der Waals surface area contributed by atoms with Crippen LogP contribution in [-0.2, 0) is 10.8 Å². The fourth-order valence-electron chi connectivity index (χ4n) is 9.98. The van der Waals surface area contributed by atoms with Crippen molar-refractivity contribution in [2.45, 2.75) is 10.8 Å². The first-order chi connectivity index (χ1) is 26.2. The molecule has 1 spiro atoms. The van der Waals surface area contributed by atoms with Gasteiger partial charge < -0.3 is 4.90 Å². The molecule has 1 aliphatic heterocycles. The van der Waals surface area contributed by atoms with E-state index >= 15 is 0 Å². The van der Waals surface area contributed by atoms with Gasteiger partial charge in [-0.2, -0.15) is 0 Å². The molecule has 0 fully saturated rings. The quantitative estimate of drug-likeness (QED) is 0.186. The molecule has 0 atom stereocenters. The molecular weight excluding hydrogens is 643 g/mol. The van der Waals surface area contributed by atoms with E-state index in [1.807, 2.05) is 12.1 Å². The van der Waals surface area contributed by atoms with Gasteiger partial charge in [0.1, 0.15) is 0 Å². The second-order valence-corrected chi connectivity index (χ2v) is 14.3. The number of para-hydroxylation sites is 2. The molecule has 0 aromatic heterocycles. The number of hydrogen-bond donors (Lipinski definition) is 0. The summed E-state index contributed by atoms with van der Waals surface area (Å²) in [6.45, 7) is 0. The van der Waals surface area contributed by atoms with Crippen LogP contribution in [0.3, 0.4) is 0 Å². The highest BCUT2D eigenvalue weighted by Crippen LogP contribution is 2.61. The number of hydrogen-bond acceptors (Lipinski definition) is 2. The van der Waals surface area contributed by atoms with Crippen LogP contribution in [0.5, 0.6) is 0 Å². The van der Waals surface area contributed by atoms with E-state index in [1.54, 1.807) is 0 Å². The predicted molar refractivity (Wildman–Crippen MR) is 214 cm³/mol. The Kier molecular flexibility index (Phi) is 6.27. The number of benzene rings is 8. The molecule has 0 N–H and O–H groups in total. The summed E-state index contributed by atoms with van der Waals surface area (Å²) in [5, 5.41) is 0. The van der Waals surface area contributed by atoms with E-state index < -0.39 is 10.8 Å². The number of rotatable bonds is 3. The van der Waals surface area contributed by atoms with Crippen molar-refractivity contribution in [3.8, 4) is 11.1 Å². The molecule has 1 heterocycles. The smallest absolute Gasteiger partial charge is 0.193 e. The molecule has 0 saturated heterocycles. The van der Waals surface area contributed by atoms with Gasteiger partial charge in [-0.1, -0.05) is 170 Å². The molecule has 53 heavy (non-hydrogen) atoms. The summed E-state index contributed by atoms with van der Waals surface area (Å²) in [6.07, 6.45) is 0. The Morgan fingerprint density at radius 2 is 0.717 bits per heavy atom. The molecule has 2 nitrogen and oxygen atoms in total. The van der Waals surface area contributed by atoms with Gasteiger partial charge in [-0.05, 0) is 86.0 Å². The zero-order valence-electron chi connectivity index (χ0n) is 28.9. The van der Waals surface area contributed by atoms with Crippen LogP contribution in [0.4, 0.5) is 17.1 Å². The number of ketones is 1. The molecule has 0 saturated carbocycles. The van der Waals surface area contributed by atoms with Gasteiger partial charge in [0.05, 0.1) is 22.2 Å². The molecule has 0 bridgehead atoms. The Balaban J connectivity index is 1.23. The van der Waals surface area contributed by atoms with Crippen molar-refractivity contribution in [2.24, 2.45) is 0 Å². The van der Waals surface area contributed by atoms with Gasteiger partial charge in [0.15, 0.2) is 5.78 Å². The number of carbonyl (C=O) groups excluding carboxylic acids is 1. The molecule has 0 amide bonds. The SMILES string of the molecule is O=C1c2ccccc2C2(c3cc(N4c5ccccc5C(c5ccccc5)(c5ccccc5)c5ccccc54)ccc31)c1ccccc1-c1ccccc12. The van der Waals surface area contributed by atoms with Crippen LogP contribution in [0, 0.1) is 0 Å². The topological polar surface area (TPSA) is 20.3 Å². The lowest BCUT2D eigenvalue weighted by Crippen LogP contribution is -2.38. The van der Waals surface area contributed by atoms with Gasteiger partial charge in [-0.3, -0.25) is 4.79 Å². The molecule has 0 unspecified atom stereocenters. The first kappa shape index (κ1) is 29.9. The molecular formula is C51H33NO. The van der Waals surface area contributed by atoms with Crippen molar-refractivity contribution in [1.29, 1.82) is 0 Å². The average Bonchev–Trinajstić information content (AvgIpc) is 3.53. The zero-order chi connectivity index (χ0) is 35.1. The number of fused-ring (bicyclic) bond motifs is 11. The summed E-state index contributed by atoms with van der Waals surface area (Å²) < 4.78 is 0. The van der Waals surface area contributed by atoms with Crippen molar-refractivity contribution in [1.82, 2.24) is 0 Å². The largest absolute Gasteiger partial charge is 0.310 e. The van der Waals surface area contributed by atoms with Crippen LogP contribution in [0.15, 0.2) is 200 Å². The Hall–Kier alpha value is -6.77. The van der Waals surface area contributed by atoms with Crippen LogP contribution in [-0.4, -0.2) is 5.78 Å². The minimum absolute atomic E-state index is 0.0706. The Morgan fingerprint density at radius 1 is 0.321 bits per heavy atom. The molecule has 0 radical (unpaired) electrons. The fraction of sp³-hybridized carbons (Fsp3) is 0.0392. The maximum Gasteiger partial charge on any atom is 0.193 e. The lowest BCUT2D eigenvalue weighted by molar-refractivity contribution is 0.103. The molecule has 11 rings (SSSR count). The Bertz CT molecular complexity index is 2630. The summed E-state index contributed by atoms with van der Waals surface area (Å²) in [5.74, 6) is 0.0706. The predicted octanol–water partition coefficient (Wildman–Crippen LogP) is 11.8. The minimum Gasteiger partial charge on any atom is -0.310 e. The molecule has 8 aromatic carbocycles. The van der Waals surface area contributed by atoms with Crippen LogP contribution in [0.2, 0.25) is 0 Å². The van der Waals surface area contributed by atoms with Crippen molar-refractivity contribution in [2.75, 3.05) is 4.90 Å². The van der Waals surface area contributed by atoms with E-state index in [0.29, 0.717) is 0 Å². The summed E-state index contributed by atoms with van der Waals surface area (Å²) in [5.41, 5.74) is 15.3. The van der Waals surface area contributed by atoms with Crippen LogP contribution in [0.1, 0.15) is 60.4 Å². The van der Waals surface area contributed by atoms with E-state index in [1.165, 1.54) is 44.5 Å². The van der Waals surface area contributed by atoms with Gasteiger partial charge in [0.2, 0.25) is 0 Å². The van der Waals surface area contributed by atoms with Crippen molar-refractivity contribution < 1.29 is 4.79 Å². The first-order valence-electron chi connectivity index (χ1n) is 18.3. The van der Waals surface area contributed by atoms with Gasteiger partial charge >= 0.3 is 0 Å². The average molecular weight is 676 g/mol. The standard InChI is InChI=1S/C51H33NO/c53-49-39-23-9-12-26-43(39)51(41-24-10-7-21-37(41)38-22-8-11-25-42(38)51)46-33-36(31-32-40(46)49)52-47-29-15-13-27-44(47)50(34-17-3-1-4-18-34,35-19-5-2-6-20-35)45-28-14-16-30-48(45)52/h1-33H. The number of nitrogens with zero attached hydrogens (tertiary/aromatic N) is 1. The van der Waals surface area contributed by atoms with Gasteiger partial charge in [0.25, 0.3) is 0 Å². The molecule has 8 aromatic rings. The van der Waals surface area contributed by atoms with E-state index in [-0.39, 0.29) is 5.78 Å². The normalized spacial score (nSPS) is 15.1. The second-order valence-electron chi connectivity index (χ2n) is 14.3. The van der Waals surface area contributed by atoms with Crippen LogP contribution in [0.25, 0.3) is 11.1 Å². The first-order valence-corrected chi connectivity index (χ1v) is 18.3. The third kappa shape index (κ3) is 3.80. The van der Waals surface area contributed by atoms with E-state index in [2.05, 4.69) is 193 Å². The van der Waals surface area contributed by atoms with Crippen LogP contribution >= 0.6 is 0 Å². The highest BCUT2D eigenvalue weighted by Gasteiger charge is 2.52. The van der Waals surface area contributed by atoms with Crippen molar-refractivity contribution in [3.05, 3.63) is 256 Å². The maximum absolute atomic E-state index is 14.5. The summed E-state index contributed by atoms with van der Waals surface area (Å²) in [7, 11) is 0. The molecule has 248 valence electrons. The number of carbonyl (C=O) groups is 1. The fourth-order valence-corrected chi connectivity index (χ4v) is 9.98. The highest BCUT2D eigenvalue weighted by molar-refractivity contribution is 6.15. The lowest BCUT2D eigenvalue weighted by atomic mass is 9.61. The van der Waals surface area contributed by atoms with E-state index in [4.69, 9.17) is 0 Å². The third-order valence-corrected chi connectivity index (χ3v) is 11.9. The van der Waals surface area contributed by atoms with Gasteiger partial charge in [0, 0.05) is 16.8 Å².